The van der Waals surface area contributed by atoms with Crippen molar-refractivity contribution >= 4 is 5.91 Å². The molecule has 1 atom stereocenters. The topological polar surface area (TPSA) is 75.3 Å². The molecule has 4 rings (SSSR count). The van der Waals surface area contributed by atoms with Gasteiger partial charge in [-0.2, -0.15) is 0 Å². The van der Waals surface area contributed by atoms with Crippen LogP contribution in [-0.2, 0) is 24.0 Å². The Morgan fingerprint density at radius 3 is 3.04 bits per heavy atom. The number of aryl methyl sites for hydroxylation is 2. The van der Waals surface area contributed by atoms with E-state index in [1.165, 1.54) is 29.9 Å². The van der Waals surface area contributed by atoms with E-state index in [4.69, 9.17) is 4.74 Å². The third-order valence-corrected chi connectivity index (χ3v) is 5.20. The molecule has 2 aliphatic rings. The number of hydrogen-bond acceptors (Lipinski definition) is 4. The molecule has 26 heavy (non-hydrogen) atoms. The van der Waals surface area contributed by atoms with Crippen LogP contribution in [0.25, 0.3) is 0 Å². The van der Waals surface area contributed by atoms with Crippen LogP contribution in [0.1, 0.15) is 33.6 Å². The van der Waals surface area contributed by atoms with Gasteiger partial charge in [0.1, 0.15) is 0 Å². The molecular formula is C20H23N3O3. The van der Waals surface area contributed by atoms with E-state index < -0.39 is 0 Å². The van der Waals surface area contributed by atoms with E-state index in [0.717, 1.165) is 24.1 Å². The lowest BCUT2D eigenvalue weighted by atomic mass is 10.0. The van der Waals surface area contributed by atoms with Crippen LogP contribution in [-0.4, -0.2) is 47.1 Å². The molecule has 1 aliphatic heterocycles. The normalized spacial score (nSPS) is 19.8. The summed E-state index contributed by atoms with van der Waals surface area (Å²) in [4.78, 5) is 33.1. The molecule has 2 heterocycles. The number of ether oxygens (including phenoxy) is 1. The van der Waals surface area contributed by atoms with Crippen LogP contribution < -0.4 is 5.56 Å². The molecule has 1 aromatic heterocycles. The summed E-state index contributed by atoms with van der Waals surface area (Å²) in [5.41, 5.74) is 4.02. The number of benzene rings is 1. The van der Waals surface area contributed by atoms with E-state index in [1.807, 2.05) is 11.0 Å². The molecule has 6 nitrogen and oxygen atoms in total. The van der Waals surface area contributed by atoms with Crippen molar-refractivity contribution in [3.8, 4) is 0 Å². The second kappa shape index (κ2) is 7.41. The molecule has 1 fully saturated rings. The van der Waals surface area contributed by atoms with E-state index in [0.29, 0.717) is 32.7 Å². The number of fused-ring (bicyclic) bond motifs is 1. The van der Waals surface area contributed by atoms with E-state index in [1.54, 1.807) is 0 Å². The minimum absolute atomic E-state index is 0.0640. The Balaban J connectivity index is 1.48. The van der Waals surface area contributed by atoms with Gasteiger partial charge in [-0.1, -0.05) is 6.07 Å². The predicted octanol–water partition coefficient (Wildman–Crippen LogP) is 1.59. The lowest BCUT2D eigenvalue weighted by molar-refractivity contribution is 0.0737. The van der Waals surface area contributed by atoms with Gasteiger partial charge < -0.3 is 14.6 Å². The Kier molecular flexibility index (Phi) is 4.84. The molecule has 1 aromatic carbocycles. The fourth-order valence-electron chi connectivity index (χ4n) is 3.89. The molecular weight excluding hydrogens is 330 g/mol. The number of aromatic nitrogens is 2. The SMILES string of the molecule is O=C(c1ccc2c(c1)CCC2)N1CCOCC(Cc2cc(=O)[nH]cn2)C1. The molecule has 1 N–H and O–H groups in total. The highest BCUT2D eigenvalue weighted by Gasteiger charge is 2.25. The number of carbonyl (C=O) groups excluding carboxylic acids is 1. The van der Waals surface area contributed by atoms with Crippen molar-refractivity contribution in [2.45, 2.75) is 25.7 Å². The Morgan fingerprint density at radius 2 is 2.15 bits per heavy atom. The summed E-state index contributed by atoms with van der Waals surface area (Å²) >= 11 is 0. The van der Waals surface area contributed by atoms with E-state index in [-0.39, 0.29) is 17.4 Å². The second-order valence-electron chi connectivity index (χ2n) is 7.14. The average molecular weight is 353 g/mol. The van der Waals surface area contributed by atoms with Crippen molar-refractivity contribution in [3.63, 3.8) is 0 Å². The summed E-state index contributed by atoms with van der Waals surface area (Å²) in [6, 6.07) is 7.62. The number of aromatic amines is 1. The Bertz CT molecular complexity index is 861. The van der Waals surface area contributed by atoms with Crippen molar-refractivity contribution in [1.82, 2.24) is 14.9 Å². The van der Waals surface area contributed by atoms with Crippen LogP contribution in [0, 0.1) is 5.92 Å². The summed E-state index contributed by atoms with van der Waals surface area (Å²) < 4.78 is 5.69. The number of nitrogens with one attached hydrogen (secondary N) is 1. The van der Waals surface area contributed by atoms with Crippen LogP contribution in [0.2, 0.25) is 0 Å². The standard InChI is InChI=1S/C20H23N3O3/c24-19-10-18(21-13-22-19)8-14-11-23(6-7-26-12-14)20(25)17-5-4-15-2-1-3-16(15)9-17/h4-5,9-10,13-14H,1-3,6-8,11-12H2,(H,21,22,24). The third-order valence-electron chi connectivity index (χ3n) is 5.20. The highest BCUT2D eigenvalue weighted by Crippen LogP contribution is 2.24. The minimum Gasteiger partial charge on any atom is -0.379 e. The maximum Gasteiger partial charge on any atom is 0.253 e. The first-order valence-corrected chi connectivity index (χ1v) is 9.21. The quantitative estimate of drug-likeness (QED) is 0.909. The number of H-pyrrole nitrogens is 1. The van der Waals surface area contributed by atoms with Gasteiger partial charge in [-0.3, -0.25) is 9.59 Å². The maximum absolute atomic E-state index is 13.0. The number of hydrogen-bond donors (Lipinski definition) is 1. The molecule has 1 aliphatic carbocycles. The summed E-state index contributed by atoms with van der Waals surface area (Å²) in [5.74, 6) is 0.194. The van der Waals surface area contributed by atoms with Gasteiger partial charge in [-0.05, 0) is 48.9 Å². The fraction of sp³-hybridized carbons (Fsp3) is 0.450. The first-order valence-electron chi connectivity index (χ1n) is 9.21. The molecule has 2 aromatic rings. The van der Waals surface area contributed by atoms with Gasteiger partial charge in [0.25, 0.3) is 11.5 Å². The van der Waals surface area contributed by atoms with Gasteiger partial charge in [-0.15, -0.1) is 0 Å². The highest BCUT2D eigenvalue weighted by molar-refractivity contribution is 5.94. The number of rotatable bonds is 3. The van der Waals surface area contributed by atoms with E-state index >= 15 is 0 Å². The summed E-state index contributed by atoms with van der Waals surface area (Å²) in [7, 11) is 0. The second-order valence-corrected chi connectivity index (χ2v) is 7.14. The van der Waals surface area contributed by atoms with Gasteiger partial charge in [-0.25, -0.2) is 4.98 Å². The number of nitrogens with zero attached hydrogens (tertiary/aromatic N) is 2. The zero-order valence-electron chi connectivity index (χ0n) is 14.7. The van der Waals surface area contributed by atoms with Crippen LogP contribution in [0.3, 0.4) is 0 Å². The third kappa shape index (κ3) is 3.70. The van der Waals surface area contributed by atoms with Crippen molar-refractivity contribution in [3.05, 3.63) is 63.3 Å². The molecule has 1 unspecified atom stereocenters. The lowest BCUT2D eigenvalue weighted by Gasteiger charge is -2.24. The highest BCUT2D eigenvalue weighted by atomic mass is 16.5. The van der Waals surface area contributed by atoms with Crippen molar-refractivity contribution in [2.24, 2.45) is 5.92 Å². The Labute approximate surface area is 152 Å². The smallest absolute Gasteiger partial charge is 0.253 e. The largest absolute Gasteiger partial charge is 0.379 e. The zero-order valence-corrected chi connectivity index (χ0v) is 14.7. The fourth-order valence-corrected chi connectivity index (χ4v) is 3.89. The zero-order chi connectivity index (χ0) is 17.9. The number of carbonyl (C=O) groups is 1. The monoisotopic (exact) mass is 353 g/mol. The minimum atomic E-state index is -0.157. The molecule has 0 spiro atoms. The van der Waals surface area contributed by atoms with Gasteiger partial charge in [0.05, 0.1) is 19.5 Å². The van der Waals surface area contributed by atoms with E-state index in [2.05, 4.69) is 22.1 Å². The van der Waals surface area contributed by atoms with Gasteiger partial charge in [0, 0.05) is 36.3 Å². The molecule has 1 saturated heterocycles. The van der Waals surface area contributed by atoms with Crippen molar-refractivity contribution in [1.29, 1.82) is 0 Å². The summed E-state index contributed by atoms with van der Waals surface area (Å²) in [5, 5.41) is 0. The number of amides is 1. The van der Waals surface area contributed by atoms with Crippen LogP contribution in [0.15, 0.2) is 35.4 Å². The first kappa shape index (κ1) is 17.0. The molecule has 0 bridgehead atoms. The molecule has 0 saturated carbocycles. The maximum atomic E-state index is 13.0. The van der Waals surface area contributed by atoms with Crippen molar-refractivity contribution < 1.29 is 9.53 Å². The van der Waals surface area contributed by atoms with Crippen LogP contribution in [0.4, 0.5) is 0 Å². The van der Waals surface area contributed by atoms with Crippen LogP contribution in [0.5, 0.6) is 0 Å². The van der Waals surface area contributed by atoms with Gasteiger partial charge >= 0.3 is 0 Å². The van der Waals surface area contributed by atoms with Crippen LogP contribution >= 0.6 is 0 Å². The lowest BCUT2D eigenvalue weighted by Crippen LogP contribution is -2.36. The molecule has 1 amide bonds. The summed E-state index contributed by atoms with van der Waals surface area (Å²) in [6.45, 7) is 2.32. The predicted molar refractivity (Wildman–Crippen MR) is 97.2 cm³/mol. The van der Waals surface area contributed by atoms with Gasteiger partial charge in [0.15, 0.2) is 0 Å². The molecule has 0 radical (unpaired) electrons. The van der Waals surface area contributed by atoms with Crippen molar-refractivity contribution in [2.75, 3.05) is 26.3 Å². The molecule has 6 heteroatoms. The average Bonchev–Trinajstić information content (AvgIpc) is 2.99. The summed E-state index contributed by atoms with van der Waals surface area (Å²) in [6.07, 6.45) is 5.40. The molecule has 136 valence electrons. The Hall–Kier alpha value is -2.47. The first-order chi connectivity index (χ1) is 12.7. The van der Waals surface area contributed by atoms with E-state index in [9.17, 15) is 9.59 Å². The van der Waals surface area contributed by atoms with Gasteiger partial charge in [0.2, 0.25) is 0 Å². The Morgan fingerprint density at radius 1 is 1.27 bits per heavy atom.